The lowest BCUT2D eigenvalue weighted by Gasteiger charge is -2.09. The molecule has 2 aromatic carbocycles. The number of pyridine rings is 1. The summed E-state index contributed by atoms with van der Waals surface area (Å²) in [4.78, 5) is 24.2. The Morgan fingerprint density at radius 3 is 2.41 bits per heavy atom. The van der Waals surface area contributed by atoms with E-state index in [9.17, 15) is 9.59 Å². The van der Waals surface area contributed by atoms with Gasteiger partial charge in [-0.1, -0.05) is 38.0 Å². The van der Waals surface area contributed by atoms with Gasteiger partial charge in [-0.25, -0.2) is 0 Å². The normalized spacial score (nSPS) is 10.5. The summed E-state index contributed by atoms with van der Waals surface area (Å²) in [5.74, 6) is 0.604. The highest BCUT2D eigenvalue weighted by atomic mass is 16.5. The first-order valence-corrected chi connectivity index (χ1v) is 9.94. The van der Waals surface area contributed by atoms with Crippen LogP contribution in [0.15, 0.2) is 77.7 Å². The summed E-state index contributed by atoms with van der Waals surface area (Å²) in [5, 5.41) is 2.89. The fourth-order valence-corrected chi connectivity index (χ4v) is 2.93. The van der Waals surface area contributed by atoms with Crippen LogP contribution in [0.5, 0.6) is 5.75 Å². The van der Waals surface area contributed by atoms with E-state index in [1.54, 1.807) is 29.0 Å². The molecule has 0 spiro atoms. The van der Waals surface area contributed by atoms with Crippen LogP contribution in [0.3, 0.4) is 0 Å². The molecule has 0 aliphatic carbocycles. The van der Waals surface area contributed by atoms with Crippen LogP contribution in [-0.2, 0) is 6.54 Å². The topological polar surface area (TPSA) is 60.3 Å². The van der Waals surface area contributed by atoms with Gasteiger partial charge in [-0.05, 0) is 54.4 Å². The number of amides is 1. The van der Waals surface area contributed by atoms with Crippen molar-refractivity contribution < 1.29 is 9.53 Å². The zero-order chi connectivity index (χ0) is 20.5. The lowest BCUT2D eigenvalue weighted by atomic mass is 10.1. The number of hydrogen-bond donors (Lipinski definition) is 1. The molecule has 5 nitrogen and oxygen atoms in total. The number of rotatable bonds is 9. The number of unbranched alkanes of at least 4 members (excludes halogenated alkanes) is 2. The van der Waals surface area contributed by atoms with Crippen molar-refractivity contribution in [2.24, 2.45) is 0 Å². The first-order chi connectivity index (χ1) is 14.2. The van der Waals surface area contributed by atoms with Crippen LogP contribution in [0, 0.1) is 0 Å². The summed E-state index contributed by atoms with van der Waals surface area (Å²) in [5.41, 5.74) is 2.23. The third kappa shape index (κ3) is 6.07. The molecule has 29 heavy (non-hydrogen) atoms. The molecule has 3 rings (SSSR count). The standard InChI is InChI=1S/C24H26N2O3/c1-2-3-6-17-29-22-14-10-20(11-15-22)24(28)25-21-12-8-19(9-13-21)18-26-16-5-4-7-23(26)27/h4-5,7-16H,2-3,6,17-18H2,1H3,(H,25,28). The van der Waals surface area contributed by atoms with Crippen LogP contribution >= 0.6 is 0 Å². The van der Waals surface area contributed by atoms with Gasteiger partial charge >= 0.3 is 0 Å². The summed E-state index contributed by atoms with van der Waals surface area (Å²) in [6, 6.07) is 19.8. The number of anilines is 1. The van der Waals surface area contributed by atoms with Crippen molar-refractivity contribution in [1.82, 2.24) is 4.57 Å². The number of benzene rings is 2. The monoisotopic (exact) mass is 390 g/mol. The SMILES string of the molecule is CCCCCOc1ccc(C(=O)Nc2ccc(Cn3ccccc3=O)cc2)cc1. The Labute approximate surface area is 171 Å². The third-order valence-electron chi connectivity index (χ3n) is 4.60. The summed E-state index contributed by atoms with van der Waals surface area (Å²) in [6.45, 7) is 3.35. The largest absolute Gasteiger partial charge is 0.494 e. The van der Waals surface area contributed by atoms with Crippen LogP contribution < -0.4 is 15.6 Å². The number of carbonyl (C=O) groups excluding carboxylic acids is 1. The summed E-state index contributed by atoms with van der Waals surface area (Å²) < 4.78 is 7.31. The summed E-state index contributed by atoms with van der Waals surface area (Å²) in [6.07, 6.45) is 5.11. The molecule has 0 fully saturated rings. The number of carbonyl (C=O) groups is 1. The van der Waals surface area contributed by atoms with Crippen molar-refractivity contribution in [2.45, 2.75) is 32.7 Å². The van der Waals surface area contributed by atoms with E-state index in [-0.39, 0.29) is 11.5 Å². The lowest BCUT2D eigenvalue weighted by molar-refractivity contribution is 0.102. The number of ether oxygens (including phenoxy) is 1. The summed E-state index contributed by atoms with van der Waals surface area (Å²) in [7, 11) is 0. The maximum Gasteiger partial charge on any atom is 0.255 e. The van der Waals surface area contributed by atoms with Gasteiger partial charge in [0.15, 0.2) is 0 Å². The zero-order valence-electron chi connectivity index (χ0n) is 16.6. The highest BCUT2D eigenvalue weighted by molar-refractivity contribution is 6.04. The molecule has 0 aliphatic rings. The minimum atomic E-state index is -0.172. The molecule has 0 saturated carbocycles. The van der Waals surface area contributed by atoms with Gasteiger partial charge in [-0.3, -0.25) is 9.59 Å². The Balaban J connectivity index is 1.55. The van der Waals surface area contributed by atoms with Crippen molar-refractivity contribution in [3.63, 3.8) is 0 Å². The average molecular weight is 390 g/mol. The van der Waals surface area contributed by atoms with Crippen LogP contribution in [0.4, 0.5) is 5.69 Å². The Bertz CT molecular complexity index is 976. The molecule has 5 heteroatoms. The fraction of sp³-hybridized carbons (Fsp3) is 0.250. The van der Waals surface area contributed by atoms with E-state index in [2.05, 4.69) is 12.2 Å². The second-order valence-electron chi connectivity index (χ2n) is 6.90. The molecular formula is C24H26N2O3. The third-order valence-corrected chi connectivity index (χ3v) is 4.60. The van der Waals surface area contributed by atoms with Crippen LogP contribution in [0.25, 0.3) is 0 Å². The lowest BCUT2D eigenvalue weighted by Crippen LogP contribution is -2.18. The quantitative estimate of drug-likeness (QED) is 0.538. The molecule has 150 valence electrons. The predicted octanol–water partition coefficient (Wildman–Crippen LogP) is 4.72. The van der Waals surface area contributed by atoms with Crippen LogP contribution in [0.2, 0.25) is 0 Å². The van der Waals surface area contributed by atoms with E-state index in [1.165, 1.54) is 6.07 Å². The van der Waals surface area contributed by atoms with Gasteiger partial charge in [0.1, 0.15) is 5.75 Å². The van der Waals surface area contributed by atoms with Gasteiger partial charge in [0.2, 0.25) is 0 Å². The molecule has 3 aromatic rings. The maximum atomic E-state index is 12.4. The van der Waals surface area contributed by atoms with E-state index in [0.29, 0.717) is 24.4 Å². The Kier molecular flexibility index (Phi) is 7.22. The highest BCUT2D eigenvalue weighted by Gasteiger charge is 2.07. The second-order valence-corrected chi connectivity index (χ2v) is 6.90. The number of nitrogens with one attached hydrogen (secondary N) is 1. The number of hydrogen-bond acceptors (Lipinski definition) is 3. The molecule has 1 amide bonds. The van der Waals surface area contributed by atoms with Gasteiger partial charge in [-0.2, -0.15) is 0 Å². The molecule has 1 N–H and O–H groups in total. The molecule has 0 radical (unpaired) electrons. The molecule has 0 unspecified atom stereocenters. The number of nitrogens with zero attached hydrogens (tertiary/aromatic N) is 1. The van der Waals surface area contributed by atoms with Gasteiger partial charge in [0.25, 0.3) is 11.5 Å². The Morgan fingerprint density at radius 2 is 1.72 bits per heavy atom. The van der Waals surface area contributed by atoms with E-state index in [0.717, 1.165) is 30.6 Å². The minimum absolute atomic E-state index is 0.0392. The fourth-order valence-electron chi connectivity index (χ4n) is 2.93. The van der Waals surface area contributed by atoms with Crippen molar-refractivity contribution in [3.8, 4) is 5.75 Å². The van der Waals surface area contributed by atoms with E-state index in [1.807, 2.05) is 42.5 Å². The van der Waals surface area contributed by atoms with Crippen molar-refractivity contribution in [3.05, 3.63) is 94.4 Å². The predicted molar refractivity (Wildman–Crippen MR) is 116 cm³/mol. The van der Waals surface area contributed by atoms with Crippen molar-refractivity contribution in [2.75, 3.05) is 11.9 Å². The number of aromatic nitrogens is 1. The zero-order valence-corrected chi connectivity index (χ0v) is 16.6. The molecular weight excluding hydrogens is 364 g/mol. The van der Waals surface area contributed by atoms with E-state index >= 15 is 0 Å². The molecule has 0 aliphatic heterocycles. The van der Waals surface area contributed by atoms with E-state index < -0.39 is 0 Å². The van der Waals surface area contributed by atoms with Crippen LogP contribution in [-0.4, -0.2) is 17.1 Å². The smallest absolute Gasteiger partial charge is 0.255 e. The molecule has 0 saturated heterocycles. The Morgan fingerprint density at radius 1 is 0.966 bits per heavy atom. The van der Waals surface area contributed by atoms with Crippen molar-refractivity contribution in [1.29, 1.82) is 0 Å². The molecule has 1 heterocycles. The second kappa shape index (κ2) is 10.3. The Hall–Kier alpha value is -3.34. The minimum Gasteiger partial charge on any atom is -0.494 e. The van der Waals surface area contributed by atoms with E-state index in [4.69, 9.17) is 4.74 Å². The van der Waals surface area contributed by atoms with Crippen molar-refractivity contribution >= 4 is 11.6 Å². The van der Waals surface area contributed by atoms with Crippen LogP contribution in [0.1, 0.15) is 42.1 Å². The van der Waals surface area contributed by atoms with Gasteiger partial charge < -0.3 is 14.6 Å². The van der Waals surface area contributed by atoms with Gasteiger partial charge in [-0.15, -0.1) is 0 Å². The van der Waals surface area contributed by atoms with Gasteiger partial charge in [0.05, 0.1) is 13.2 Å². The first kappa shape index (κ1) is 20.4. The molecule has 1 aromatic heterocycles. The first-order valence-electron chi connectivity index (χ1n) is 9.94. The summed E-state index contributed by atoms with van der Waals surface area (Å²) >= 11 is 0. The molecule has 0 atom stereocenters. The maximum absolute atomic E-state index is 12.4. The molecule has 0 bridgehead atoms. The highest BCUT2D eigenvalue weighted by Crippen LogP contribution is 2.16. The van der Waals surface area contributed by atoms with Gasteiger partial charge in [0, 0.05) is 23.5 Å². The average Bonchev–Trinajstić information content (AvgIpc) is 2.75.